The third-order valence-corrected chi connectivity index (χ3v) is 4.55. The Balaban J connectivity index is 2.37. The standard InChI is InChI=1S/C14H19N3O4S/c1-4-21-16-14(18)12(9(2)3)15-13-10-7-5-6-8-11(10)22(19,20)17-13/h5-9,12H,4H2,1-3H3,(H,15,17)(H,16,18)/t12-/m0/s1. The number of rotatable bonds is 5. The van der Waals surface area contributed by atoms with Crippen LogP contribution in [0.4, 0.5) is 0 Å². The summed E-state index contributed by atoms with van der Waals surface area (Å²) in [5.74, 6) is -0.348. The second kappa shape index (κ2) is 6.45. The monoisotopic (exact) mass is 325 g/mol. The van der Waals surface area contributed by atoms with Crippen molar-refractivity contribution in [2.24, 2.45) is 10.9 Å². The maximum atomic E-state index is 12.1. The largest absolute Gasteiger partial charge is 0.274 e. The first kappa shape index (κ1) is 16.4. The number of amidine groups is 1. The highest BCUT2D eigenvalue weighted by Gasteiger charge is 2.32. The molecule has 1 amide bonds. The number of amides is 1. The number of aliphatic imine (C=N–C) groups is 1. The zero-order chi connectivity index (χ0) is 16.3. The van der Waals surface area contributed by atoms with Gasteiger partial charge in [0.15, 0.2) is 0 Å². The van der Waals surface area contributed by atoms with E-state index in [4.69, 9.17) is 4.84 Å². The molecule has 1 aliphatic rings. The summed E-state index contributed by atoms with van der Waals surface area (Å²) < 4.78 is 26.5. The van der Waals surface area contributed by atoms with Crippen LogP contribution in [0, 0.1) is 5.92 Å². The van der Waals surface area contributed by atoms with Crippen LogP contribution in [0.5, 0.6) is 0 Å². The first-order valence-electron chi connectivity index (χ1n) is 6.98. The van der Waals surface area contributed by atoms with Crippen LogP contribution in [-0.2, 0) is 19.7 Å². The number of benzene rings is 1. The third kappa shape index (κ3) is 3.28. The summed E-state index contributed by atoms with van der Waals surface area (Å²) in [7, 11) is -3.61. The fourth-order valence-corrected chi connectivity index (χ4v) is 3.32. The number of sulfonamides is 1. The molecule has 120 valence electrons. The van der Waals surface area contributed by atoms with Crippen molar-refractivity contribution < 1.29 is 18.0 Å². The van der Waals surface area contributed by atoms with Crippen LogP contribution in [0.3, 0.4) is 0 Å². The second-order valence-corrected chi connectivity index (χ2v) is 6.82. The molecule has 1 aliphatic heterocycles. The molecule has 2 rings (SSSR count). The number of fused-ring (bicyclic) bond motifs is 1. The van der Waals surface area contributed by atoms with Gasteiger partial charge in [0.2, 0.25) is 0 Å². The van der Waals surface area contributed by atoms with Gasteiger partial charge in [0.05, 0.1) is 11.5 Å². The summed E-state index contributed by atoms with van der Waals surface area (Å²) in [4.78, 5) is 21.4. The Labute approximate surface area is 129 Å². The van der Waals surface area contributed by atoms with Gasteiger partial charge in [-0.25, -0.2) is 13.9 Å². The van der Waals surface area contributed by atoms with Crippen LogP contribution in [0.25, 0.3) is 0 Å². The number of hydrogen-bond acceptors (Lipinski definition) is 5. The minimum Gasteiger partial charge on any atom is -0.274 e. The first-order valence-corrected chi connectivity index (χ1v) is 8.46. The maximum absolute atomic E-state index is 12.1. The second-order valence-electron chi connectivity index (χ2n) is 5.17. The highest BCUT2D eigenvalue weighted by atomic mass is 32.2. The molecule has 1 aromatic rings. The number of carbonyl (C=O) groups excluding carboxylic acids is 1. The van der Waals surface area contributed by atoms with E-state index in [-0.39, 0.29) is 16.6 Å². The molecule has 2 N–H and O–H groups in total. The molecule has 0 aromatic heterocycles. The van der Waals surface area contributed by atoms with E-state index in [1.807, 2.05) is 13.8 Å². The molecular weight excluding hydrogens is 306 g/mol. The minimum absolute atomic E-state index is 0.120. The molecule has 0 aliphatic carbocycles. The van der Waals surface area contributed by atoms with Gasteiger partial charge in [0.1, 0.15) is 11.9 Å². The van der Waals surface area contributed by atoms with Crippen molar-refractivity contribution in [2.75, 3.05) is 6.61 Å². The van der Waals surface area contributed by atoms with Crippen molar-refractivity contribution in [2.45, 2.75) is 31.7 Å². The Hall–Kier alpha value is -1.93. The number of carbonyl (C=O) groups is 1. The van der Waals surface area contributed by atoms with Crippen molar-refractivity contribution >= 4 is 21.8 Å². The molecule has 0 bridgehead atoms. The molecular formula is C14H19N3O4S. The maximum Gasteiger partial charge on any atom is 0.268 e. The number of hydroxylamine groups is 1. The molecule has 0 unspecified atom stereocenters. The Morgan fingerprint density at radius 3 is 2.68 bits per heavy atom. The number of nitrogens with one attached hydrogen (secondary N) is 2. The van der Waals surface area contributed by atoms with Gasteiger partial charge in [-0.3, -0.25) is 19.3 Å². The van der Waals surface area contributed by atoms with E-state index in [2.05, 4.69) is 15.2 Å². The molecule has 22 heavy (non-hydrogen) atoms. The van der Waals surface area contributed by atoms with Crippen LogP contribution in [0.15, 0.2) is 34.2 Å². The van der Waals surface area contributed by atoms with Crippen LogP contribution in [0.1, 0.15) is 26.3 Å². The lowest BCUT2D eigenvalue weighted by Gasteiger charge is -2.16. The lowest BCUT2D eigenvalue weighted by Crippen LogP contribution is -2.38. The van der Waals surface area contributed by atoms with E-state index in [1.165, 1.54) is 6.07 Å². The lowest BCUT2D eigenvalue weighted by atomic mass is 10.0. The van der Waals surface area contributed by atoms with E-state index >= 15 is 0 Å². The highest BCUT2D eigenvalue weighted by molar-refractivity contribution is 7.90. The van der Waals surface area contributed by atoms with E-state index < -0.39 is 22.0 Å². The molecule has 0 saturated heterocycles. The molecule has 7 nitrogen and oxygen atoms in total. The molecule has 0 radical (unpaired) electrons. The fourth-order valence-electron chi connectivity index (χ4n) is 2.08. The quantitative estimate of drug-likeness (QED) is 0.783. The van der Waals surface area contributed by atoms with Gasteiger partial charge in [-0.2, -0.15) is 0 Å². The van der Waals surface area contributed by atoms with Crippen LogP contribution >= 0.6 is 0 Å². The zero-order valence-corrected chi connectivity index (χ0v) is 13.5. The predicted molar refractivity (Wildman–Crippen MR) is 81.7 cm³/mol. The topological polar surface area (TPSA) is 96.9 Å². The Bertz CT molecular complexity index is 698. The Kier molecular flexibility index (Phi) is 4.82. The predicted octanol–water partition coefficient (Wildman–Crippen LogP) is 0.817. The van der Waals surface area contributed by atoms with E-state index in [1.54, 1.807) is 25.1 Å². The average molecular weight is 325 g/mol. The molecule has 1 aromatic carbocycles. The normalized spacial score (nSPS) is 18.8. The van der Waals surface area contributed by atoms with Crippen molar-refractivity contribution in [3.05, 3.63) is 29.8 Å². The van der Waals surface area contributed by atoms with Gasteiger partial charge in [-0.1, -0.05) is 26.0 Å². The Morgan fingerprint density at radius 1 is 1.36 bits per heavy atom. The molecule has 8 heteroatoms. The van der Waals surface area contributed by atoms with E-state index in [0.717, 1.165) is 0 Å². The van der Waals surface area contributed by atoms with Crippen molar-refractivity contribution in [1.29, 1.82) is 0 Å². The van der Waals surface area contributed by atoms with Crippen molar-refractivity contribution in [1.82, 2.24) is 10.2 Å². The van der Waals surface area contributed by atoms with Gasteiger partial charge >= 0.3 is 0 Å². The van der Waals surface area contributed by atoms with E-state index in [9.17, 15) is 13.2 Å². The molecule has 1 heterocycles. The van der Waals surface area contributed by atoms with Crippen LogP contribution in [0.2, 0.25) is 0 Å². The summed E-state index contributed by atoms with van der Waals surface area (Å²) in [6.45, 7) is 5.74. The third-order valence-electron chi connectivity index (χ3n) is 3.15. The summed E-state index contributed by atoms with van der Waals surface area (Å²) in [6.07, 6.45) is 0. The SMILES string of the molecule is CCONC(=O)[C@@H](N=C1NS(=O)(=O)c2ccccc21)C(C)C. The van der Waals surface area contributed by atoms with Gasteiger partial charge in [-0.05, 0) is 25.0 Å². The number of hydrogen-bond donors (Lipinski definition) is 2. The van der Waals surface area contributed by atoms with Crippen molar-refractivity contribution in [3.8, 4) is 0 Å². The first-order chi connectivity index (χ1) is 10.4. The van der Waals surface area contributed by atoms with Gasteiger partial charge < -0.3 is 0 Å². The summed E-state index contributed by atoms with van der Waals surface area (Å²) in [6, 6.07) is 5.77. The molecule has 0 fully saturated rings. The van der Waals surface area contributed by atoms with Gasteiger partial charge in [0.25, 0.3) is 15.9 Å². The summed E-state index contributed by atoms with van der Waals surface area (Å²) >= 11 is 0. The van der Waals surface area contributed by atoms with Gasteiger partial charge in [0, 0.05) is 5.56 Å². The zero-order valence-electron chi connectivity index (χ0n) is 12.7. The highest BCUT2D eigenvalue weighted by Crippen LogP contribution is 2.23. The lowest BCUT2D eigenvalue weighted by molar-refractivity contribution is -0.135. The molecule has 1 atom stereocenters. The van der Waals surface area contributed by atoms with Crippen molar-refractivity contribution in [3.63, 3.8) is 0 Å². The Morgan fingerprint density at radius 2 is 2.05 bits per heavy atom. The van der Waals surface area contributed by atoms with Gasteiger partial charge in [-0.15, -0.1) is 0 Å². The molecule has 0 spiro atoms. The average Bonchev–Trinajstić information content (AvgIpc) is 2.73. The number of nitrogens with zero attached hydrogens (tertiary/aromatic N) is 1. The van der Waals surface area contributed by atoms with Crippen LogP contribution < -0.4 is 10.2 Å². The smallest absolute Gasteiger partial charge is 0.268 e. The van der Waals surface area contributed by atoms with E-state index in [0.29, 0.717) is 12.2 Å². The minimum atomic E-state index is -3.61. The summed E-state index contributed by atoms with van der Waals surface area (Å²) in [5.41, 5.74) is 2.78. The summed E-state index contributed by atoms with van der Waals surface area (Å²) in [5, 5.41) is 0. The molecule has 0 saturated carbocycles. The fraction of sp³-hybridized carbons (Fsp3) is 0.429. The van der Waals surface area contributed by atoms with Crippen LogP contribution in [-0.4, -0.2) is 32.8 Å².